The van der Waals surface area contributed by atoms with E-state index in [0.29, 0.717) is 28.3 Å². The van der Waals surface area contributed by atoms with E-state index in [9.17, 15) is 14.4 Å². The molecule has 0 aliphatic rings. The summed E-state index contributed by atoms with van der Waals surface area (Å²) in [6.45, 7) is 3.72. The Kier molecular flexibility index (Phi) is 7.22. The van der Waals surface area contributed by atoms with Crippen molar-refractivity contribution >= 4 is 23.5 Å². The minimum Gasteiger partial charge on any atom is -0.489 e. The van der Waals surface area contributed by atoms with Crippen LogP contribution in [0.2, 0.25) is 0 Å². The van der Waals surface area contributed by atoms with Crippen LogP contribution in [0, 0.1) is 13.8 Å². The number of hydrogen-bond acceptors (Lipinski definition) is 7. The number of methoxy groups -OCH3 is 1. The number of aryl methyl sites for hydroxylation is 2. The Bertz CT molecular complexity index is 1100. The van der Waals surface area contributed by atoms with E-state index >= 15 is 0 Å². The molecule has 32 heavy (non-hydrogen) atoms. The molecule has 2 amide bonds. The molecule has 0 fully saturated rings. The van der Waals surface area contributed by atoms with Gasteiger partial charge in [-0.3, -0.25) is 14.4 Å². The van der Waals surface area contributed by atoms with Gasteiger partial charge in [0.25, 0.3) is 11.8 Å². The molecule has 2 N–H and O–H groups in total. The molecule has 0 saturated carbocycles. The van der Waals surface area contributed by atoms with E-state index in [1.165, 1.54) is 7.11 Å². The van der Waals surface area contributed by atoms with E-state index in [-0.39, 0.29) is 19.1 Å². The zero-order valence-electron chi connectivity index (χ0n) is 17.9. The lowest BCUT2D eigenvalue weighted by molar-refractivity contribution is -0.139. The highest BCUT2D eigenvalue weighted by Crippen LogP contribution is 2.19. The first-order valence-corrected chi connectivity index (χ1v) is 9.78. The van der Waals surface area contributed by atoms with E-state index in [4.69, 9.17) is 9.26 Å². The Labute approximate surface area is 184 Å². The van der Waals surface area contributed by atoms with Gasteiger partial charge in [0.05, 0.1) is 18.4 Å². The van der Waals surface area contributed by atoms with Gasteiger partial charge in [0.2, 0.25) is 0 Å². The first kappa shape index (κ1) is 22.5. The average Bonchev–Trinajstić information content (AvgIpc) is 3.13. The maximum atomic E-state index is 12.6. The fourth-order valence-corrected chi connectivity index (χ4v) is 2.83. The number of nitrogens with zero attached hydrogens (tertiary/aromatic N) is 1. The highest BCUT2D eigenvalue weighted by Gasteiger charge is 2.12. The van der Waals surface area contributed by atoms with Crippen molar-refractivity contribution in [3.05, 3.63) is 76.7 Å². The van der Waals surface area contributed by atoms with Gasteiger partial charge >= 0.3 is 5.97 Å². The van der Waals surface area contributed by atoms with Gasteiger partial charge in [0.15, 0.2) is 0 Å². The number of hydrogen-bond donors (Lipinski definition) is 2. The summed E-state index contributed by atoms with van der Waals surface area (Å²) < 4.78 is 15.4. The topological polar surface area (TPSA) is 120 Å². The molecule has 0 atom stereocenters. The van der Waals surface area contributed by atoms with Gasteiger partial charge in [-0.25, -0.2) is 0 Å². The van der Waals surface area contributed by atoms with Crippen LogP contribution in [-0.4, -0.2) is 36.6 Å². The molecule has 0 aliphatic carbocycles. The second-order valence-corrected chi connectivity index (χ2v) is 6.91. The highest BCUT2D eigenvalue weighted by molar-refractivity contribution is 6.05. The number of rotatable bonds is 8. The summed E-state index contributed by atoms with van der Waals surface area (Å²) in [6.07, 6.45) is 0. The van der Waals surface area contributed by atoms with Crippen LogP contribution >= 0.6 is 0 Å². The third kappa shape index (κ3) is 5.72. The number of ether oxygens (including phenoxy) is 2. The molecule has 2 aromatic carbocycles. The molecule has 1 aromatic heterocycles. The van der Waals surface area contributed by atoms with Crippen LogP contribution in [0.25, 0.3) is 0 Å². The van der Waals surface area contributed by atoms with Crippen molar-refractivity contribution in [1.82, 2.24) is 10.5 Å². The van der Waals surface area contributed by atoms with Crippen LogP contribution in [0.1, 0.15) is 37.7 Å². The maximum Gasteiger partial charge on any atom is 0.325 e. The second-order valence-electron chi connectivity index (χ2n) is 6.91. The third-order valence-electron chi connectivity index (χ3n) is 4.69. The zero-order chi connectivity index (χ0) is 23.1. The Morgan fingerprint density at radius 3 is 2.41 bits per heavy atom. The van der Waals surface area contributed by atoms with Crippen molar-refractivity contribution in [1.29, 1.82) is 0 Å². The van der Waals surface area contributed by atoms with Crippen LogP contribution in [0.15, 0.2) is 53.1 Å². The van der Waals surface area contributed by atoms with Crippen molar-refractivity contribution in [2.24, 2.45) is 0 Å². The molecule has 1 heterocycles. The summed E-state index contributed by atoms with van der Waals surface area (Å²) in [5.41, 5.74) is 2.92. The van der Waals surface area contributed by atoms with Gasteiger partial charge in [-0.1, -0.05) is 11.2 Å². The summed E-state index contributed by atoms with van der Waals surface area (Å²) in [6, 6.07) is 13.1. The number of aromatic nitrogens is 1. The maximum absolute atomic E-state index is 12.6. The summed E-state index contributed by atoms with van der Waals surface area (Å²) in [7, 11) is 1.24. The Balaban J connectivity index is 1.59. The van der Waals surface area contributed by atoms with Crippen LogP contribution < -0.4 is 15.4 Å². The highest BCUT2D eigenvalue weighted by atomic mass is 16.5. The Morgan fingerprint density at radius 1 is 1.00 bits per heavy atom. The predicted octanol–water partition coefficient (Wildman–Crippen LogP) is 3.03. The van der Waals surface area contributed by atoms with E-state index in [0.717, 1.165) is 11.3 Å². The van der Waals surface area contributed by atoms with E-state index in [2.05, 4.69) is 20.5 Å². The van der Waals surface area contributed by atoms with Gasteiger partial charge in [0.1, 0.15) is 24.7 Å². The van der Waals surface area contributed by atoms with Gasteiger partial charge in [-0.15, -0.1) is 0 Å². The molecule has 0 aliphatic heterocycles. The molecule has 0 bridgehead atoms. The molecule has 0 saturated heterocycles. The van der Waals surface area contributed by atoms with Crippen molar-refractivity contribution in [3.63, 3.8) is 0 Å². The largest absolute Gasteiger partial charge is 0.489 e. The molecule has 0 spiro atoms. The minimum absolute atomic E-state index is 0.220. The second kappa shape index (κ2) is 10.3. The van der Waals surface area contributed by atoms with Crippen LogP contribution in [-0.2, 0) is 16.1 Å². The van der Waals surface area contributed by atoms with Gasteiger partial charge in [-0.05, 0) is 56.3 Å². The SMILES string of the molecule is COC(=O)CNC(=O)c1ccc(NC(=O)c2cccc(OCc3c(C)noc3C)c2)cc1. The molecule has 9 heteroatoms. The smallest absolute Gasteiger partial charge is 0.325 e. The zero-order valence-corrected chi connectivity index (χ0v) is 17.9. The number of benzene rings is 2. The predicted molar refractivity (Wildman–Crippen MR) is 115 cm³/mol. The standard InChI is InChI=1S/C23H23N3O6/c1-14-20(15(2)32-26-14)13-31-19-6-4-5-17(11-19)23(29)25-18-9-7-16(8-10-18)22(28)24-12-21(27)30-3/h4-11H,12-13H2,1-3H3,(H,24,28)(H,25,29). The number of nitrogens with one attached hydrogen (secondary N) is 2. The van der Waals surface area contributed by atoms with Gasteiger partial charge in [-0.2, -0.15) is 0 Å². The summed E-state index contributed by atoms with van der Waals surface area (Å²) in [4.78, 5) is 35.7. The molecule has 3 aromatic rings. The summed E-state index contributed by atoms with van der Waals surface area (Å²) in [5, 5.41) is 9.12. The lowest BCUT2D eigenvalue weighted by atomic mass is 10.1. The number of anilines is 1. The number of esters is 1. The van der Waals surface area contributed by atoms with Crippen LogP contribution in [0.3, 0.4) is 0 Å². The molecule has 3 rings (SSSR count). The number of carbonyl (C=O) groups excluding carboxylic acids is 3. The van der Waals surface area contributed by atoms with Gasteiger partial charge in [0, 0.05) is 16.8 Å². The first-order valence-electron chi connectivity index (χ1n) is 9.78. The number of carbonyl (C=O) groups is 3. The van der Waals surface area contributed by atoms with Crippen LogP contribution in [0.5, 0.6) is 5.75 Å². The summed E-state index contributed by atoms with van der Waals surface area (Å²) >= 11 is 0. The van der Waals surface area contributed by atoms with E-state index in [1.807, 2.05) is 13.8 Å². The molecule has 0 radical (unpaired) electrons. The minimum atomic E-state index is -0.542. The van der Waals surface area contributed by atoms with Crippen molar-refractivity contribution in [2.75, 3.05) is 19.0 Å². The van der Waals surface area contributed by atoms with Crippen molar-refractivity contribution in [3.8, 4) is 5.75 Å². The Morgan fingerprint density at radius 2 is 1.75 bits per heavy atom. The lowest BCUT2D eigenvalue weighted by Gasteiger charge is -2.09. The Hall–Kier alpha value is -4.14. The fraction of sp³-hybridized carbons (Fsp3) is 0.217. The normalized spacial score (nSPS) is 10.3. The molecule has 0 unspecified atom stereocenters. The van der Waals surface area contributed by atoms with E-state index < -0.39 is 11.9 Å². The monoisotopic (exact) mass is 437 g/mol. The molecular formula is C23H23N3O6. The third-order valence-corrected chi connectivity index (χ3v) is 4.69. The lowest BCUT2D eigenvalue weighted by Crippen LogP contribution is -2.30. The average molecular weight is 437 g/mol. The van der Waals surface area contributed by atoms with Gasteiger partial charge < -0.3 is 24.6 Å². The van der Waals surface area contributed by atoms with Crippen LogP contribution in [0.4, 0.5) is 5.69 Å². The van der Waals surface area contributed by atoms with E-state index in [1.54, 1.807) is 48.5 Å². The summed E-state index contributed by atoms with van der Waals surface area (Å²) in [5.74, 6) is -0.0543. The molecule has 9 nitrogen and oxygen atoms in total. The molecular weight excluding hydrogens is 414 g/mol. The molecule has 166 valence electrons. The number of amides is 2. The van der Waals surface area contributed by atoms with Crippen molar-refractivity contribution < 1.29 is 28.4 Å². The van der Waals surface area contributed by atoms with Crippen molar-refractivity contribution in [2.45, 2.75) is 20.5 Å². The first-order chi connectivity index (χ1) is 15.4. The quantitative estimate of drug-likeness (QED) is 0.520. The fourth-order valence-electron chi connectivity index (χ4n) is 2.83.